The smallest absolute Gasteiger partial charge is 0.264 e. The highest BCUT2D eigenvalue weighted by Crippen LogP contribution is 2.28. The van der Waals surface area contributed by atoms with E-state index in [-0.39, 0.29) is 6.42 Å². The zero-order valence-electron chi connectivity index (χ0n) is 16.4. The predicted octanol–water partition coefficient (Wildman–Crippen LogP) is 2.59. The van der Waals surface area contributed by atoms with Crippen molar-refractivity contribution in [1.29, 1.82) is 0 Å². The van der Waals surface area contributed by atoms with Gasteiger partial charge in [-0.1, -0.05) is 5.92 Å². The summed E-state index contributed by atoms with van der Waals surface area (Å²) in [5.74, 6) is 1.88. The minimum atomic E-state index is -3.71. The number of aromatic nitrogens is 1. The molecule has 1 amide bonds. The van der Waals surface area contributed by atoms with E-state index in [9.17, 15) is 13.2 Å². The zero-order chi connectivity index (χ0) is 21.1. The van der Waals surface area contributed by atoms with Crippen LogP contribution >= 0.6 is 11.3 Å². The summed E-state index contributed by atoms with van der Waals surface area (Å²) in [5.41, 5.74) is 3.85. The molecule has 2 heterocycles. The Morgan fingerprint density at radius 1 is 1.48 bits per heavy atom. The summed E-state index contributed by atoms with van der Waals surface area (Å²) in [4.78, 5) is 22.5. The number of sulfone groups is 1. The van der Waals surface area contributed by atoms with Gasteiger partial charge in [0.15, 0.2) is 16.1 Å². The van der Waals surface area contributed by atoms with E-state index in [2.05, 4.69) is 16.4 Å². The number of amides is 1. The van der Waals surface area contributed by atoms with Crippen LogP contribution in [0.3, 0.4) is 0 Å². The predicted molar refractivity (Wildman–Crippen MR) is 112 cm³/mol. The fraction of sp³-hybridized carbons (Fsp3) is 0.500. The van der Waals surface area contributed by atoms with Crippen LogP contribution in [0.1, 0.15) is 43.2 Å². The summed E-state index contributed by atoms with van der Waals surface area (Å²) in [6, 6.07) is 5.52. The molecule has 9 heteroatoms. The second-order valence-electron chi connectivity index (χ2n) is 7.28. The minimum absolute atomic E-state index is 0.0777. The Hall–Kier alpha value is -1.99. The summed E-state index contributed by atoms with van der Waals surface area (Å²) in [6.07, 6.45) is 8.88. The maximum Gasteiger partial charge on any atom is 0.264 e. The number of nitrogens with zero attached hydrogens (tertiary/aromatic N) is 1. The van der Waals surface area contributed by atoms with Crippen molar-refractivity contribution < 1.29 is 22.8 Å². The van der Waals surface area contributed by atoms with E-state index in [1.54, 1.807) is 0 Å². The van der Waals surface area contributed by atoms with Crippen molar-refractivity contribution in [2.24, 2.45) is 0 Å². The Balaban J connectivity index is 1.71. The maximum atomic E-state index is 12.7. The van der Waals surface area contributed by atoms with Crippen molar-refractivity contribution in [2.45, 2.75) is 50.1 Å². The molecule has 0 saturated carbocycles. The number of ether oxygens (including phenoxy) is 1. The van der Waals surface area contributed by atoms with Gasteiger partial charge in [-0.3, -0.25) is 4.79 Å². The SMILES string of the molecule is C#Cc1ccc2nc(CC[C@](C)(C(=O)NOC3CCCCO3)S(C)(=O)=O)sc2c1. The molecule has 0 spiro atoms. The van der Waals surface area contributed by atoms with E-state index < -0.39 is 26.8 Å². The summed E-state index contributed by atoms with van der Waals surface area (Å²) < 4.78 is 29.6. The number of thiazole rings is 1. The normalized spacial score (nSPS) is 19.4. The lowest BCUT2D eigenvalue weighted by molar-refractivity contribution is -0.201. The molecule has 29 heavy (non-hydrogen) atoms. The average molecular weight is 437 g/mol. The van der Waals surface area contributed by atoms with Crippen LogP contribution in [0.15, 0.2) is 18.2 Å². The first-order chi connectivity index (χ1) is 13.7. The number of aryl methyl sites for hydroxylation is 1. The van der Waals surface area contributed by atoms with Gasteiger partial charge in [-0.25, -0.2) is 23.7 Å². The lowest BCUT2D eigenvalue weighted by Crippen LogP contribution is -2.51. The number of hydroxylamine groups is 1. The molecule has 2 atom stereocenters. The molecule has 1 aromatic carbocycles. The van der Waals surface area contributed by atoms with Crippen molar-refractivity contribution in [3.8, 4) is 12.3 Å². The van der Waals surface area contributed by atoms with Gasteiger partial charge in [-0.15, -0.1) is 17.8 Å². The zero-order valence-corrected chi connectivity index (χ0v) is 18.1. The number of hydrogen-bond donors (Lipinski definition) is 1. The quantitative estimate of drug-likeness (QED) is 0.530. The Labute approximate surface area is 174 Å². The van der Waals surface area contributed by atoms with Gasteiger partial charge in [0.25, 0.3) is 5.91 Å². The summed E-state index contributed by atoms with van der Waals surface area (Å²) >= 11 is 1.44. The maximum absolute atomic E-state index is 12.7. The van der Waals surface area contributed by atoms with Crippen LogP contribution < -0.4 is 5.48 Å². The standard InChI is InChI=1S/C20H24N2O5S2/c1-4-14-8-9-15-16(13-14)28-17(21-15)10-11-20(2,29(3,24)25)19(23)22-27-18-7-5-6-12-26-18/h1,8-9,13,18H,5-7,10-12H2,2-3H3,(H,22,23)/t18?,20-/m1/s1. The van der Waals surface area contributed by atoms with Crippen LogP contribution in [0.5, 0.6) is 0 Å². The number of terminal acetylenes is 1. The van der Waals surface area contributed by atoms with Crippen molar-refractivity contribution >= 4 is 37.3 Å². The number of hydrogen-bond acceptors (Lipinski definition) is 7. The lowest BCUT2D eigenvalue weighted by atomic mass is 10.0. The Morgan fingerprint density at radius 3 is 2.93 bits per heavy atom. The molecule has 1 aliphatic heterocycles. The van der Waals surface area contributed by atoms with Crippen molar-refractivity contribution in [3.63, 3.8) is 0 Å². The molecule has 0 radical (unpaired) electrons. The largest absolute Gasteiger partial charge is 0.350 e. The van der Waals surface area contributed by atoms with Crippen molar-refractivity contribution in [2.75, 3.05) is 12.9 Å². The molecule has 0 bridgehead atoms. The van der Waals surface area contributed by atoms with Gasteiger partial charge in [0.2, 0.25) is 0 Å². The summed E-state index contributed by atoms with van der Waals surface area (Å²) in [7, 11) is -3.71. The average Bonchev–Trinajstić information content (AvgIpc) is 3.12. The third-order valence-corrected chi connectivity index (χ3v) is 8.24. The first-order valence-electron chi connectivity index (χ1n) is 9.36. The van der Waals surface area contributed by atoms with Crippen molar-refractivity contribution in [3.05, 3.63) is 28.8 Å². The van der Waals surface area contributed by atoms with Crippen LogP contribution in [-0.2, 0) is 30.6 Å². The molecular weight excluding hydrogens is 412 g/mol. The molecule has 1 aromatic heterocycles. The Kier molecular flexibility index (Phi) is 6.58. The van der Waals surface area contributed by atoms with Gasteiger partial charge in [-0.05, 0) is 44.4 Å². The molecule has 1 aliphatic rings. The van der Waals surface area contributed by atoms with Crippen LogP contribution in [0.2, 0.25) is 0 Å². The third kappa shape index (κ3) is 4.95. The van der Waals surface area contributed by atoms with E-state index in [1.165, 1.54) is 18.3 Å². The Bertz CT molecular complexity index is 1030. The number of fused-ring (bicyclic) bond motifs is 1. The molecule has 156 valence electrons. The van der Waals surface area contributed by atoms with Crippen LogP contribution in [0, 0.1) is 12.3 Å². The van der Waals surface area contributed by atoms with Gasteiger partial charge in [0, 0.05) is 31.3 Å². The van der Waals surface area contributed by atoms with Gasteiger partial charge < -0.3 is 4.74 Å². The second-order valence-corrected chi connectivity index (χ2v) is 10.8. The molecule has 1 saturated heterocycles. The van der Waals surface area contributed by atoms with Gasteiger partial charge >= 0.3 is 0 Å². The van der Waals surface area contributed by atoms with E-state index in [0.29, 0.717) is 19.4 Å². The highest BCUT2D eigenvalue weighted by atomic mass is 32.2. The molecule has 1 fully saturated rings. The minimum Gasteiger partial charge on any atom is -0.350 e. The molecule has 7 nitrogen and oxygen atoms in total. The Morgan fingerprint density at radius 2 is 2.28 bits per heavy atom. The summed E-state index contributed by atoms with van der Waals surface area (Å²) in [5, 5.41) is 0.744. The van der Waals surface area contributed by atoms with Gasteiger partial charge in [-0.2, -0.15) is 0 Å². The first kappa shape index (κ1) is 21.7. The second kappa shape index (κ2) is 8.79. The number of carbonyl (C=O) groups excluding carboxylic acids is 1. The van der Waals surface area contributed by atoms with Crippen molar-refractivity contribution in [1.82, 2.24) is 10.5 Å². The van der Waals surface area contributed by atoms with Gasteiger partial charge in [0.05, 0.1) is 15.2 Å². The van der Waals surface area contributed by atoms with Crippen LogP contribution in [0.4, 0.5) is 0 Å². The van der Waals surface area contributed by atoms with E-state index in [4.69, 9.17) is 16.0 Å². The van der Waals surface area contributed by atoms with E-state index in [0.717, 1.165) is 39.9 Å². The monoisotopic (exact) mass is 436 g/mol. The molecule has 0 aliphatic carbocycles. The molecule has 1 unspecified atom stereocenters. The molecule has 1 N–H and O–H groups in total. The van der Waals surface area contributed by atoms with Crippen LogP contribution in [-0.4, -0.2) is 43.2 Å². The molecule has 2 aromatic rings. The van der Waals surface area contributed by atoms with Gasteiger partial charge in [0.1, 0.15) is 4.75 Å². The number of carbonyl (C=O) groups is 1. The molecular formula is C20H24N2O5S2. The highest BCUT2D eigenvalue weighted by molar-refractivity contribution is 7.92. The third-order valence-electron chi connectivity index (χ3n) is 5.13. The summed E-state index contributed by atoms with van der Waals surface area (Å²) in [6.45, 7) is 1.97. The first-order valence-corrected chi connectivity index (χ1v) is 12.1. The highest BCUT2D eigenvalue weighted by Gasteiger charge is 2.44. The number of nitrogens with one attached hydrogen (secondary N) is 1. The van der Waals surface area contributed by atoms with Crippen LogP contribution in [0.25, 0.3) is 10.2 Å². The van der Waals surface area contributed by atoms with E-state index >= 15 is 0 Å². The topological polar surface area (TPSA) is 94.6 Å². The fourth-order valence-electron chi connectivity index (χ4n) is 3.01. The lowest BCUT2D eigenvalue weighted by Gasteiger charge is -2.28. The molecule has 3 rings (SSSR count). The fourth-order valence-corrected chi connectivity index (χ4v) is 4.87. The van der Waals surface area contributed by atoms with E-state index in [1.807, 2.05) is 18.2 Å². The number of benzene rings is 1. The number of rotatable bonds is 7.